The lowest BCUT2D eigenvalue weighted by Crippen LogP contribution is -2.45. The van der Waals surface area contributed by atoms with Crippen molar-refractivity contribution in [3.8, 4) is 5.75 Å². The van der Waals surface area contributed by atoms with Gasteiger partial charge in [-0.05, 0) is 50.5 Å². The quantitative estimate of drug-likeness (QED) is 0.760. The van der Waals surface area contributed by atoms with Crippen LogP contribution in [0, 0.1) is 6.92 Å². The summed E-state index contributed by atoms with van der Waals surface area (Å²) < 4.78 is 0. The summed E-state index contributed by atoms with van der Waals surface area (Å²) in [4.78, 5) is 23.8. The summed E-state index contributed by atoms with van der Waals surface area (Å²) in [6.45, 7) is 3.40. The van der Waals surface area contributed by atoms with Gasteiger partial charge >= 0.3 is 0 Å². The fraction of sp³-hybridized carbons (Fsp3) is 0.429. The van der Waals surface area contributed by atoms with Crippen molar-refractivity contribution >= 4 is 11.8 Å². The monoisotopic (exact) mass is 262 g/mol. The van der Waals surface area contributed by atoms with E-state index in [0.29, 0.717) is 11.1 Å². The molecule has 0 aliphatic heterocycles. The first-order valence-electron chi connectivity index (χ1n) is 6.38. The van der Waals surface area contributed by atoms with Gasteiger partial charge in [-0.3, -0.25) is 9.59 Å². The van der Waals surface area contributed by atoms with Gasteiger partial charge in [0.25, 0.3) is 5.91 Å². The van der Waals surface area contributed by atoms with E-state index in [9.17, 15) is 14.7 Å². The average molecular weight is 262 g/mol. The summed E-state index contributed by atoms with van der Waals surface area (Å²) in [5.41, 5.74) is 1.14. The second-order valence-corrected chi connectivity index (χ2v) is 4.98. The van der Waals surface area contributed by atoms with Crippen LogP contribution in [0.4, 0.5) is 0 Å². The normalized spacial score (nSPS) is 15.7. The largest absolute Gasteiger partial charge is 0.508 e. The molecule has 1 aliphatic rings. The number of rotatable bonds is 4. The Morgan fingerprint density at radius 1 is 1.37 bits per heavy atom. The standard InChI is InChI=1S/C14H18N2O3/c1-8-7-11(17)5-6-12(8)14(19)15-9(2)13(18)16-10-3-4-10/h5-7,9-10,17H,3-4H2,1-2H3,(H,15,19)(H,16,18). The van der Waals surface area contributed by atoms with Gasteiger partial charge in [-0.25, -0.2) is 0 Å². The van der Waals surface area contributed by atoms with Gasteiger partial charge < -0.3 is 15.7 Å². The third-order valence-electron chi connectivity index (χ3n) is 3.12. The molecule has 1 aromatic rings. The second-order valence-electron chi connectivity index (χ2n) is 4.98. The van der Waals surface area contributed by atoms with E-state index in [1.54, 1.807) is 19.9 Å². The molecule has 1 fully saturated rings. The number of hydrogen-bond acceptors (Lipinski definition) is 3. The van der Waals surface area contributed by atoms with Crippen LogP contribution in [0.2, 0.25) is 0 Å². The van der Waals surface area contributed by atoms with E-state index in [4.69, 9.17) is 0 Å². The van der Waals surface area contributed by atoms with Crippen molar-refractivity contribution < 1.29 is 14.7 Å². The van der Waals surface area contributed by atoms with E-state index in [0.717, 1.165) is 12.8 Å². The number of phenols is 1. The number of carbonyl (C=O) groups is 2. The van der Waals surface area contributed by atoms with Crippen LogP contribution < -0.4 is 10.6 Å². The summed E-state index contributed by atoms with van der Waals surface area (Å²) in [6.07, 6.45) is 2.03. The highest BCUT2D eigenvalue weighted by molar-refractivity contribution is 5.98. The summed E-state index contributed by atoms with van der Waals surface area (Å²) >= 11 is 0. The Labute approximate surface area is 112 Å². The molecule has 1 atom stereocenters. The SMILES string of the molecule is Cc1cc(O)ccc1C(=O)NC(C)C(=O)NC1CC1. The minimum absolute atomic E-state index is 0.119. The molecule has 0 radical (unpaired) electrons. The minimum atomic E-state index is -0.568. The number of aryl methyl sites for hydroxylation is 1. The second kappa shape index (κ2) is 5.30. The Kier molecular flexibility index (Phi) is 3.74. The van der Waals surface area contributed by atoms with E-state index in [2.05, 4.69) is 10.6 Å². The highest BCUT2D eigenvalue weighted by Gasteiger charge is 2.26. The van der Waals surface area contributed by atoms with E-state index in [-0.39, 0.29) is 23.6 Å². The zero-order valence-corrected chi connectivity index (χ0v) is 11.1. The van der Waals surface area contributed by atoms with Crippen LogP contribution in [0.25, 0.3) is 0 Å². The van der Waals surface area contributed by atoms with Crippen LogP contribution >= 0.6 is 0 Å². The molecule has 1 aliphatic carbocycles. The number of aromatic hydroxyl groups is 1. The summed E-state index contributed by atoms with van der Waals surface area (Å²) in [5.74, 6) is -0.350. The molecular formula is C14H18N2O3. The first kappa shape index (κ1) is 13.4. The van der Waals surface area contributed by atoms with Gasteiger partial charge in [0.1, 0.15) is 11.8 Å². The van der Waals surface area contributed by atoms with E-state index in [1.165, 1.54) is 12.1 Å². The van der Waals surface area contributed by atoms with Crippen molar-refractivity contribution in [1.29, 1.82) is 0 Å². The van der Waals surface area contributed by atoms with E-state index < -0.39 is 6.04 Å². The number of amides is 2. The molecule has 0 saturated heterocycles. The van der Waals surface area contributed by atoms with Gasteiger partial charge in [0.05, 0.1) is 0 Å². The lowest BCUT2D eigenvalue weighted by atomic mass is 10.1. The van der Waals surface area contributed by atoms with Gasteiger partial charge in [-0.2, -0.15) is 0 Å². The lowest BCUT2D eigenvalue weighted by molar-refractivity contribution is -0.122. The Bertz CT molecular complexity index is 509. The number of nitrogens with one attached hydrogen (secondary N) is 2. The van der Waals surface area contributed by atoms with Gasteiger partial charge in [-0.15, -0.1) is 0 Å². The molecule has 3 N–H and O–H groups in total. The van der Waals surface area contributed by atoms with Crippen molar-refractivity contribution in [1.82, 2.24) is 10.6 Å². The number of phenolic OH excluding ortho intramolecular Hbond substituents is 1. The van der Waals surface area contributed by atoms with Crippen LogP contribution in [-0.4, -0.2) is 29.0 Å². The molecule has 5 nitrogen and oxygen atoms in total. The topological polar surface area (TPSA) is 78.4 Å². The van der Waals surface area contributed by atoms with Crippen LogP contribution in [0.5, 0.6) is 5.75 Å². The molecule has 0 spiro atoms. The molecule has 19 heavy (non-hydrogen) atoms. The smallest absolute Gasteiger partial charge is 0.252 e. The molecule has 1 saturated carbocycles. The number of benzene rings is 1. The fourth-order valence-electron chi connectivity index (χ4n) is 1.80. The van der Waals surface area contributed by atoms with Crippen LogP contribution in [0.15, 0.2) is 18.2 Å². The van der Waals surface area contributed by atoms with Gasteiger partial charge in [-0.1, -0.05) is 0 Å². The maximum Gasteiger partial charge on any atom is 0.252 e. The summed E-state index contributed by atoms with van der Waals surface area (Å²) in [5, 5.41) is 14.8. The van der Waals surface area contributed by atoms with Crippen molar-refractivity contribution in [2.45, 2.75) is 38.8 Å². The Balaban J connectivity index is 1.97. The number of hydrogen-bond donors (Lipinski definition) is 3. The van der Waals surface area contributed by atoms with Gasteiger partial charge in [0.2, 0.25) is 5.91 Å². The molecule has 0 heterocycles. The van der Waals surface area contributed by atoms with Gasteiger partial charge in [0, 0.05) is 11.6 Å². The number of carbonyl (C=O) groups excluding carboxylic acids is 2. The van der Waals surface area contributed by atoms with Crippen LogP contribution in [0.3, 0.4) is 0 Å². The Hall–Kier alpha value is -2.04. The van der Waals surface area contributed by atoms with Crippen molar-refractivity contribution in [3.63, 3.8) is 0 Å². The van der Waals surface area contributed by atoms with Crippen molar-refractivity contribution in [2.75, 3.05) is 0 Å². The maximum atomic E-state index is 12.0. The third kappa shape index (κ3) is 3.47. The summed E-state index contributed by atoms with van der Waals surface area (Å²) in [6, 6.07) is 4.23. The van der Waals surface area contributed by atoms with Crippen molar-refractivity contribution in [2.24, 2.45) is 0 Å². The van der Waals surface area contributed by atoms with Gasteiger partial charge in [0.15, 0.2) is 0 Å². The highest BCUT2D eigenvalue weighted by atomic mass is 16.3. The highest BCUT2D eigenvalue weighted by Crippen LogP contribution is 2.19. The third-order valence-corrected chi connectivity index (χ3v) is 3.12. The lowest BCUT2D eigenvalue weighted by Gasteiger charge is -2.14. The molecule has 5 heteroatoms. The van der Waals surface area contributed by atoms with E-state index >= 15 is 0 Å². The molecule has 1 aromatic carbocycles. The average Bonchev–Trinajstić information content (AvgIpc) is 3.12. The first-order chi connectivity index (χ1) is 8.97. The van der Waals surface area contributed by atoms with E-state index in [1.807, 2.05) is 0 Å². The first-order valence-corrected chi connectivity index (χ1v) is 6.38. The zero-order chi connectivity index (χ0) is 14.0. The summed E-state index contributed by atoms with van der Waals surface area (Å²) in [7, 11) is 0. The Morgan fingerprint density at radius 2 is 2.05 bits per heavy atom. The Morgan fingerprint density at radius 3 is 2.63 bits per heavy atom. The van der Waals surface area contributed by atoms with Crippen LogP contribution in [-0.2, 0) is 4.79 Å². The molecule has 0 aromatic heterocycles. The van der Waals surface area contributed by atoms with Crippen molar-refractivity contribution in [3.05, 3.63) is 29.3 Å². The molecule has 102 valence electrons. The molecule has 2 amide bonds. The van der Waals surface area contributed by atoms with Crippen LogP contribution in [0.1, 0.15) is 35.7 Å². The molecule has 2 rings (SSSR count). The predicted molar refractivity (Wildman–Crippen MR) is 70.9 cm³/mol. The predicted octanol–water partition coefficient (Wildman–Crippen LogP) is 1.10. The molecular weight excluding hydrogens is 244 g/mol. The maximum absolute atomic E-state index is 12.0. The zero-order valence-electron chi connectivity index (χ0n) is 11.1. The fourth-order valence-corrected chi connectivity index (χ4v) is 1.80. The molecule has 0 bridgehead atoms. The minimum Gasteiger partial charge on any atom is -0.508 e. The molecule has 1 unspecified atom stereocenters.